The van der Waals surface area contributed by atoms with Crippen LogP contribution in [0.5, 0.6) is 0 Å². The minimum atomic E-state index is -2.03. The minimum Gasteiger partial charge on any atom is -0.463 e. The van der Waals surface area contributed by atoms with Gasteiger partial charge in [-0.1, -0.05) is 0 Å². The number of hydrogen-bond donors (Lipinski definition) is 10. The van der Waals surface area contributed by atoms with E-state index in [1.165, 1.54) is 0 Å². The zero-order chi connectivity index (χ0) is 36.0. The molecule has 19 heteroatoms. The van der Waals surface area contributed by atoms with Gasteiger partial charge < -0.3 is 84.2 Å². The molecule has 20 unspecified atom stereocenters. The molecule has 6 fully saturated rings. The van der Waals surface area contributed by atoms with Crippen LogP contribution in [0, 0.1) is 11.8 Å². The summed E-state index contributed by atoms with van der Waals surface area (Å²) in [4.78, 5) is 24.9. The average molecular weight is 725 g/mol. The van der Waals surface area contributed by atoms with Gasteiger partial charge >= 0.3 is 11.9 Å². The van der Waals surface area contributed by atoms with Crippen LogP contribution in [0.2, 0.25) is 0 Å². The van der Waals surface area contributed by atoms with Crippen LogP contribution in [0.1, 0.15) is 44.9 Å². The Balaban J connectivity index is 1.31. The number of carbonyl (C=O) groups is 2. The summed E-state index contributed by atoms with van der Waals surface area (Å²) in [6.07, 6.45) is -24.8. The third-order valence-electron chi connectivity index (χ3n) is 10.8. The number of ether oxygens (including phenoxy) is 7. The van der Waals surface area contributed by atoms with E-state index in [0.717, 1.165) is 0 Å². The van der Waals surface area contributed by atoms with Crippen molar-refractivity contribution in [2.45, 2.75) is 155 Å². The molecule has 4 heterocycles. The number of fused-ring (bicyclic) bond motifs is 5. The second kappa shape index (κ2) is 15.7. The monoisotopic (exact) mass is 724 g/mol. The quantitative estimate of drug-likeness (QED) is 0.113. The fraction of sp³-hybridized carbons (Fsp3) is 0.935. The number of cyclic esters (lactones) is 2. The van der Waals surface area contributed by atoms with Gasteiger partial charge in [0.2, 0.25) is 0 Å². The first-order chi connectivity index (χ1) is 23.7. The first kappa shape index (κ1) is 38.1. The molecule has 6 bridgehead atoms. The van der Waals surface area contributed by atoms with Crippen LogP contribution < -0.4 is 0 Å². The Labute approximate surface area is 286 Å². The molecule has 4 saturated heterocycles. The van der Waals surface area contributed by atoms with Crippen molar-refractivity contribution in [1.29, 1.82) is 0 Å². The highest BCUT2D eigenvalue weighted by Crippen LogP contribution is 2.45. The van der Waals surface area contributed by atoms with E-state index in [9.17, 15) is 60.7 Å². The van der Waals surface area contributed by atoms with Gasteiger partial charge in [0.1, 0.15) is 62.0 Å². The lowest BCUT2D eigenvalue weighted by Gasteiger charge is -2.52. The zero-order valence-electron chi connectivity index (χ0n) is 27.1. The van der Waals surface area contributed by atoms with Crippen LogP contribution in [0.4, 0.5) is 0 Å². The Morgan fingerprint density at radius 2 is 1.04 bits per heavy atom. The summed E-state index contributed by atoms with van der Waals surface area (Å²) in [6, 6.07) is 0. The van der Waals surface area contributed by atoms with E-state index >= 15 is 0 Å². The molecule has 6 rings (SSSR count). The van der Waals surface area contributed by atoms with Gasteiger partial charge in [0.15, 0.2) is 18.7 Å². The lowest BCUT2D eigenvalue weighted by Crippen LogP contribution is -2.63. The van der Waals surface area contributed by atoms with Gasteiger partial charge in [0.25, 0.3) is 0 Å². The van der Waals surface area contributed by atoms with E-state index in [1.807, 2.05) is 0 Å². The van der Waals surface area contributed by atoms with Gasteiger partial charge in [-0.2, -0.15) is 0 Å². The summed E-state index contributed by atoms with van der Waals surface area (Å²) in [5.74, 6) is -3.37. The normalized spacial score (nSPS) is 52.7. The molecule has 2 saturated carbocycles. The van der Waals surface area contributed by atoms with E-state index < -0.39 is 148 Å². The summed E-state index contributed by atoms with van der Waals surface area (Å²) >= 11 is 0. The third kappa shape index (κ3) is 7.97. The van der Waals surface area contributed by atoms with Crippen LogP contribution in [0.3, 0.4) is 0 Å². The van der Waals surface area contributed by atoms with Crippen LogP contribution in [-0.4, -0.2) is 186 Å². The summed E-state index contributed by atoms with van der Waals surface area (Å²) in [7, 11) is 0. The topological polar surface area (TPSA) is 301 Å². The van der Waals surface area contributed by atoms with E-state index in [1.54, 1.807) is 0 Å². The molecule has 19 nitrogen and oxygen atoms in total. The van der Waals surface area contributed by atoms with Gasteiger partial charge in [-0.3, -0.25) is 4.79 Å². The average Bonchev–Trinajstić information content (AvgIpc) is 3.08. The van der Waals surface area contributed by atoms with Gasteiger partial charge in [0, 0.05) is 12.3 Å². The van der Waals surface area contributed by atoms with Gasteiger partial charge in [-0.25, -0.2) is 4.79 Å². The van der Waals surface area contributed by atoms with Gasteiger partial charge in [0.05, 0.1) is 49.1 Å². The second-order valence-corrected chi connectivity index (χ2v) is 14.3. The second-order valence-electron chi connectivity index (χ2n) is 14.3. The standard InChI is InChI=1S/C31H48O19/c32-11-4-16-12-6-18(28(46-16)10-1-2-13(33)14(34)3-10)48-31-27(42)24(39)22(37)19(49-31)8-44-21(36)7-15(35)29(43)45-9-20-23(38)25(40)26(41)30(50-20)47-17(12)5-11/h10-20,22-28,30-35,37-42H,1-9H2. The van der Waals surface area contributed by atoms with Crippen molar-refractivity contribution in [3.63, 3.8) is 0 Å². The SMILES string of the molecule is O=C1CC(O)C(=O)OCC2OC(OC3CC(O)CC4OC(C5CCC(O)C(O)C5)C(CC34)OC3OC(CO1)C(O)C(O)C3O)C(O)C(O)C2O. The molecule has 10 N–H and O–H groups in total. The summed E-state index contributed by atoms with van der Waals surface area (Å²) in [5, 5.41) is 106. The van der Waals surface area contributed by atoms with E-state index in [-0.39, 0.29) is 38.0 Å². The van der Waals surface area contributed by atoms with Crippen molar-refractivity contribution in [3.05, 3.63) is 0 Å². The first-order valence-electron chi connectivity index (χ1n) is 17.1. The predicted octanol–water partition coefficient (Wildman–Crippen LogP) is -5.33. The predicted molar refractivity (Wildman–Crippen MR) is 157 cm³/mol. The van der Waals surface area contributed by atoms with Crippen LogP contribution in [0.15, 0.2) is 0 Å². The van der Waals surface area contributed by atoms with Crippen LogP contribution in [-0.2, 0) is 42.7 Å². The molecule has 0 aromatic heterocycles. The smallest absolute Gasteiger partial charge is 0.335 e. The summed E-state index contributed by atoms with van der Waals surface area (Å²) < 4.78 is 40.6. The number of aliphatic hydroxyl groups is 10. The molecule has 4 aliphatic heterocycles. The van der Waals surface area contributed by atoms with Crippen molar-refractivity contribution in [1.82, 2.24) is 0 Å². The highest BCUT2D eigenvalue weighted by molar-refractivity contribution is 5.81. The summed E-state index contributed by atoms with van der Waals surface area (Å²) in [6.45, 7) is -1.40. The Morgan fingerprint density at radius 1 is 0.500 bits per heavy atom. The largest absolute Gasteiger partial charge is 0.463 e. The molecule has 286 valence electrons. The van der Waals surface area contributed by atoms with Crippen molar-refractivity contribution >= 4 is 11.9 Å². The maximum atomic E-state index is 12.5. The highest BCUT2D eigenvalue weighted by Gasteiger charge is 2.54. The van der Waals surface area contributed by atoms with E-state index in [4.69, 9.17) is 33.2 Å². The van der Waals surface area contributed by atoms with Crippen molar-refractivity contribution in [2.75, 3.05) is 13.2 Å². The summed E-state index contributed by atoms with van der Waals surface area (Å²) in [5.41, 5.74) is 0. The molecule has 2 aliphatic carbocycles. The van der Waals surface area contributed by atoms with Gasteiger partial charge in [-0.05, 0) is 38.0 Å². The molecule has 0 spiro atoms. The Hall–Kier alpha value is -1.66. The minimum absolute atomic E-state index is 0.0220. The molecule has 0 aromatic rings. The molecular formula is C31H48O19. The Bertz CT molecular complexity index is 1180. The molecule has 0 amide bonds. The lowest BCUT2D eigenvalue weighted by molar-refractivity contribution is -0.345. The molecular weight excluding hydrogens is 676 g/mol. The van der Waals surface area contributed by atoms with Crippen LogP contribution >= 0.6 is 0 Å². The lowest BCUT2D eigenvalue weighted by atomic mass is 9.72. The Morgan fingerprint density at radius 3 is 1.64 bits per heavy atom. The molecule has 20 atom stereocenters. The van der Waals surface area contributed by atoms with E-state index in [0.29, 0.717) is 6.42 Å². The highest BCUT2D eigenvalue weighted by atomic mass is 16.7. The number of carbonyl (C=O) groups excluding carboxylic acids is 2. The number of rotatable bonds is 1. The third-order valence-corrected chi connectivity index (χ3v) is 10.8. The molecule has 50 heavy (non-hydrogen) atoms. The molecule has 0 radical (unpaired) electrons. The maximum absolute atomic E-state index is 12.5. The zero-order valence-corrected chi connectivity index (χ0v) is 27.1. The number of esters is 2. The van der Waals surface area contributed by atoms with E-state index in [2.05, 4.69) is 0 Å². The first-order valence-corrected chi connectivity index (χ1v) is 17.1. The van der Waals surface area contributed by atoms with Gasteiger partial charge in [-0.15, -0.1) is 0 Å². The molecule has 6 aliphatic rings. The molecule has 0 aromatic carbocycles. The fourth-order valence-corrected chi connectivity index (χ4v) is 7.95. The maximum Gasteiger partial charge on any atom is 0.335 e. The fourth-order valence-electron chi connectivity index (χ4n) is 7.95. The Kier molecular flexibility index (Phi) is 12.0. The number of aliphatic hydroxyl groups excluding tert-OH is 10. The number of hydrogen-bond acceptors (Lipinski definition) is 19. The van der Waals surface area contributed by atoms with Crippen LogP contribution in [0.25, 0.3) is 0 Å². The van der Waals surface area contributed by atoms with Crippen molar-refractivity contribution in [2.24, 2.45) is 11.8 Å². The van der Waals surface area contributed by atoms with Crippen molar-refractivity contribution < 1.29 is 93.8 Å². The van der Waals surface area contributed by atoms with Crippen molar-refractivity contribution in [3.8, 4) is 0 Å².